The smallest absolute Gasteiger partial charge is 0.253 e. The Hall–Kier alpha value is -4.37. The molecule has 1 aliphatic rings. The number of hydrogen-bond donors (Lipinski definition) is 1. The number of nitrogens with one attached hydrogen (secondary N) is 1. The van der Waals surface area contributed by atoms with E-state index in [0.717, 1.165) is 40.8 Å². The maximum absolute atomic E-state index is 13.5. The highest BCUT2D eigenvalue weighted by Gasteiger charge is 2.32. The van der Waals surface area contributed by atoms with Crippen LogP contribution in [-0.2, 0) is 6.54 Å². The van der Waals surface area contributed by atoms with Crippen molar-refractivity contribution in [1.29, 1.82) is 0 Å². The van der Waals surface area contributed by atoms with Crippen LogP contribution in [0.15, 0.2) is 83.7 Å². The molecule has 1 saturated heterocycles. The molecule has 1 atom stereocenters. The fraction of sp³-hybridized carbons (Fsp3) is 0.241. The highest BCUT2D eigenvalue weighted by molar-refractivity contribution is 5.79. The lowest BCUT2D eigenvalue weighted by Gasteiger charge is -2.39. The maximum Gasteiger partial charge on any atom is 0.253 e. The Balaban J connectivity index is 1.38. The second-order valence-corrected chi connectivity index (χ2v) is 9.73. The molecule has 1 fully saturated rings. The van der Waals surface area contributed by atoms with E-state index in [2.05, 4.69) is 36.4 Å². The lowest BCUT2D eigenvalue weighted by molar-refractivity contribution is 0.200. The number of halogens is 1. The number of hydrogen-bond acceptors (Lipinski definition) is 6. The molecule has 0 radical (unpaired) electrons. The standard InChI is InChI=1S/C29H28FN7O/c1-20-7-12-26-22(17-20)18-25(29(38)31-26)27(28-32-33-34-37(28)19-21-5-3-2-4-6-21)36-15-13-35(14-16-36)24-10-8-23(30)9-11-24/h2-12,17-18,27H,13-16,19H2,1H3,(H,31,38)/t27-/m1/s1. The van der Waals surface area contributed by atoms with Gasteiger partial charge in [-0.25, -0.2) is 9.07 Å². The third-order valence-electron chi connectivity index (χ3n) is 7.17. The van der Waals surface area contributed by atoms with Crippen LogP contribution in [0, 0.1) is 12.7 Å². The Kier molecular flexibility index (Phi) is 6.43. The van der Waals surface area contributed by atoms with Crippen LogP contribution in [0.3, 0.4) is 0 Å². The lowest BCUT2D eigenvalue weighted by Crippen LogP contribution is -2.49. The summed E-state index contributed by atoms with van der Waals surface area (Å²) in [4.78, 5) is 21.0. The van der Waals surface area contributed by atoms with Gasteiger partial charge in [-0.3, -0.25) is 9.69 Å². The zero-order chi connectivity index (χ0) is 26.1. The summed E-state index contributed by atoms with van der Waals surface area (Å²) in [5.41, 5.74) is 4.44. The summed E-state index contributed by atoms with van der Waals surface area (Å²) >= 11 is 0. The Morgan fingerprint density at radius 3 is 2.47 bits per heavy atom. The molecule has 3 heterocycles. The van der Waals surface area contributed by atoms with Gasteiger partial charge >= 0.3 is 0 Å². The van der Waals surface area contributed by atoms with Gasteiger partial charge in [0.2, 0.25) is 0 Å². The van der Waals surface area contributed by atoms with Crippen molar-refractivity contribution in [2.75, 3.05) is 31.1 Å². The minimum Gasteiger partial charge on any atom is -0.369 e. The van der Waals surface area contributed by atoms with Gasteiger partial charge in [-0.1, -0.05) is 42.0 Å². The fourth-order valence-electron chi connectivity index (χ4n) is 5.21. The van der Waals surface area contributed by atoms with Gasteiger partial charge < -0.3 is 9.88 Å². The number of tetrazole rings is 1. The summed E-state index contributed by atoms with van der Waals surface area (Å²) in [5, 5.41) is 13.7. The molecule has 5 aromatic rings. The summed E-state index contributed by atoms with van der Waals surface area (Å²) in [6, 6.07) is 24.1. The number of anilines is 1. The summed E-state index contributed by atoms with van der Waals surface area (Å²) in [6.07, 6.45) is 0. The summed E-state index contributed by atoms with van der Waals surface area (Å²) in [6.45, 7) is 5.37. The van der Waals surface area contributed by atoms with E-state index in [1.54, 1.807) is 16.8 Å². The number of H-pyrrole nitrogens is 1. The Morgan fingerprint density at radius 2 is 1.71 bits per heavy atom. The van der Waals surface area contributed by atoms with Crippen molar-refractivity contribution in [2.45, 2.75) is 19.5 Å². The molecular formula is C29H28FN7O. The van der Waals surface area contributed by atoms with Gasteiger partial charge in [-0.15, -0.1) is 5.10 Å². The summed E-state index contributed by atoms with van der Waals surface area (Å²) in [5.74, 6) is 0.380. The molecule has 38 heavy (non-hydrogen) atoms. The molecule has 192 valence electrons. The largest absolute Gasteiger partial charge is 0.369 e. The van der Waals surface area contributed by atoms with Gasteiger partial charge in [-0.2, -0.15) is 0 Å². The first-order valence-electron chi connectivity index (χ1n) is 12.7. The van der Waals surface area contributed by atoms with Crippen molar-refractivity contribution in [3.05, 3.63) is 118 Å². The number of benzene rings is 3. The van der Waals surface area contributed by atoms with E-state index in [1.165, 1.54) is 12.1 Å². The number of nitrogens with zero attached hydrogens (tertiary/aromatic N) is 6. The second kappa shape index (κ2) is 10.2. The summed E-state index contributed by atoms with van der Waals surface area (Å²) in [7, 11) is 0. The van der Waals surface area contributed by atoms with E-state index in [0.29, 0.717) is 31.0 Å². The highest BCUT2D eigenvalue weighted by Crippen LogP contribution is 2.29. The van der Waals surface area contributed by atoms with Crippen molar-refractivity contribution in [3.8, 4) is 0 Å². The number of piperazine rings is 1. The van der Waals surface area contributed by atoms with E-state index in [1.807, 2.05) is 55.5 Å². The minimum atomic E-state index is -0.433. The predicted octanol–water partition coefficient (Wildman–Crippen LogP) is 3.92. The van der Waals surface area contributed by atoms with Crippen LogP contribution in [0.1, 0.15) is 28.6 Å². The van der Waals surface area contributed by atoms with Crippen molar-refractivity contribution in [3.63, 3.8) is 0 Å². The van der Waals surface area contributed by atoms with Gasteiger partial charge in [0.25, 0.3) is 5.56 Å². The van der Waals surface area contributed by atoms with Gasteiger partial charge in [0, 0.05) is 42.9 Å². The Bertz CT molecular complexity index is 1610. The predicted molar refractivity (Wildman–Crippen MR) is 145 cm³/mol. The van der Waals surface area contributed by atoms with Crippen molar-refractivity contribution < 1.29 is 4.39 Å². The normalized spacial score (nSPS) is 15.2. The zero-order valence-corrected chi connectivity index (χ0v) is 21.1. The molecule has 9 heteroatoms. The summed E-state index contributed by atoms with van der Waals surface area (Å²) < 4.78 is 15.2. The van der Waals surface area contributed by atoms with E-state index in [9.17, 15) is 9.18 Å². The molecule has 0 amide bonds. The molecule has 0 bridgehead atoms. The van der Waals surface area contributed by atoms with Crippen molar-refractivity contribution >= 4 is 16.6 Å². The van der Waals surface area contributed by atoms with Gasteiger partial charge in [0.05, 0.1) is 6.54 Å². The van der Waals surface area contributed by atoms with E-state index < -0.39 is 6.04 Å². The van der Waals surface area contributed by atoms with E-state index in [4.69, 9.17) is 0 Å². The average Bonchev–Trinajstić information content (AvgIpc) is 3.38. The van der Waals surface area contributed by atoms with Crippen LogP contribution >= 0.6 is 0 Å². The SMILES string of the molecule is Cc1ccc2[nH]c(=O)c([C@H](c3nnnn3Cc3ccccc3)N3CCN(c4ccc(F)cc4)CC3)cc2c1. The first kappa shape index (κ1) is 24.0. The number of pyridine rings is 1. The van der Waals surface area contributed by atoms with Crippen LogP contribution in [0.4, 0.5) is 10.1 Å². The first-order chi connectivity index (χ1) is 18.5. The number of aromatic amines is 1. The first-order valence-corrected chi connectivity index (χ1v) is 12.7. The monoisotopic (exact) mass is 509 g/mol. The molecule has 3 aromatic carbocycles. The molecule has 2 aromatic heterocycles. The second-order valence-electron chi connectivity index (χ2n) is 9.73. The van der Waals surface area contributed by atoms with Crippen LogP contribution in [0.2, 0.25) is 0 Å². The average molecular weight is 510 g/mol. The molecule has 0 saturated carbocycles. The number of fused-ring (bicyclic) bond motifs is 1. The third-order valence-corrected chi connectivity index (χ3v) is 7.17. The van der Waals surface area contributed by atoms with E-state index in [-0.39, 0.29) is 11.4 Å². The topological polar surface area (TPSA) is 82.9 Å². The minimum absolute atomic E-state index is 0.151. The maximum atomic E-state index is 13.5. The van der Waals surface area contributed by atoms with Crippen LogP contribution in [0.5, 0.6) is 0 Å². The highest BCUT2D eigenvalue weighted by atomic mass is 19.1. The molecule has 0 spiro atoms. The van der Waals surface area contributed by atoms with Crippen molar-refractivity contribution in [1.82, 2.24) is 30.1 Å². The molecular weight excluding hydrogens is 481 g/mol. The molecule has 8 nitrogen and oxygen atoms in total. The van der Waals surface area contributed by atoms with E-state index >= 15 is 0 Å². The van der Waals surface area contributed by atoms with Crippen LogP contribution in [-0.4, -0.2) is 56.3 Å². The Morgan fingerprint density at radius 1 is 0.947 bits per heavy atom. The van der Waals surface area contributed by atoms with Crippen LogP contribution in [0.25, 0.3) is 10.9 Å². The molecule has 6 rings (SSSR count). The molecule has 0 unspecified atom stereocenters. The third kappa shape index (κ3) is 4.80. The fourth-order valence-corrected chi connectivity index (χ4v) is 5.21. The van der Waals surface area contributed by atoms with Crippen molar-refractivity contribution in [2.24, 2.45) is 0 Å². The zero-order valence-electron chi connectivity index (χ0n) is 21.1. The number of rotatable bonds is 6. The lowest BCUT2D eigenvalue weighted by atomic mass is 10.0. The van der Waals surface area contributed by atoms with Crippen LogP contribution < -0.4 is 10.5 Å². The molecule has 1 N–H and O–H groups in total. The Labute approximate surface area is 219 Å². The molecule has 1 aliphatic heterocycles. The quantitative estimate of drug-likeness (QED) is 0.374. The van der Waals surface area contributed by atoms with Gasteiger partial charge in [-0.05, 0) is 70.8 Å². The van der Waals surface area contributed by atoms with Gasteiger partial charge in [0.1, 0.15) is 11.9 Å². The number of aromatic nitrogens is 5. The number of aryl methyl sites for hydroxylation is 1. The van der Waals surface area contributed by atoms with Gasteiger partial charge in [0.15, 0.2) is 5.82 Å². The molecule has 0 aliphatic carbocycles.